The molecule has 9 heteroatoms. The molecule has 0 atom stereocenters. The molecule has 2 aromatic carbocycles. The van der Waals surface area contributed by atoms with Crippen molar-refractivity contribution in [2.45, 2.75) is 26.9 Å². The Morgan fingerprint density at radius 3 is 2.45 bits per heavy atom. The predicted molar refractivity (Wildman–Crippen MR) is 127 cm³/mol. The van der Waals surface area contributed by atoms with E-state index in [4.69, 9.17) is 20.8 Å². The number of fused-ring (bicyclic) bond motifs is 1. The van der Waals surface area contributed by atoms with Crippen LogP contribution in [0.2, 0.25) is 5.02 Å². The Balaban J connectivity index is 0.00000149. The fraction of sp³-hybridized carbons (Fsp3) is 0.375. The van der Waals surface area contributed by atoms with Crippen LogP contribution in [0.25, 0.3) is 11.1 Å². The minimum Gasteiger partial charge on any atom is -0.445 e. The molecule has 0 aliphatic carbocycles. The number of piperazine rings is 1. The first kappa shape index (κ1) is 24.5. The summed E-state index contributed by atoms with van der Waals surface area (Å²) in [6, 6.07) is 12.1. The standard InChI is InChI=1S/C22H22ClN3O5.C2H6/c23-17-4-1-15(2-5-17)14-30-22(29)26-11-9-25(10-12-26)8-7-19(27)16-3-6-18-20(13-16)31-21(28)24-18;1-2/h1-6,13H,7-12,14H2,(H,24,28);1-2H3. The molecular weight excluding hydrogens is 446 g/mol. The van der Waals surface area contributed by atoms with Gasteiger partial charge in [-0.2, -0.15) is 0 Å². The van der Waals surface area contributed by atoms with Crippen LogP contribution in [0.15, 0.2) is 51.7 Å². The first-order valence-electron chi connectivity index (χ1n) is 11.0. The zero-order chi connectivity index (χ0) is 23.8. The third kappa shape index (κ3) is 6.69. The molecule has 0 spiro atoms. The number of carbonyl (C=O) groups excluding carboxylic acids is 2. The molecule has 1 aliphatic heterocycles. The summed E-state index contributed by atoms with van der Waals surface area (Å²) in [5.41, 5.74) is 2.34. The molecule has 2 heterocycles. The molecule has 1 aliphatic rings. The number of rotatable bonds is 6. The number of carbonyl (C=O) groups is 2. The molecule has 0 unspecified atom stereocenters. The number of hydrogen-bond acceptors (Lipinski definition) is 6. The van der Waals surface area contributed by atoms with Gasteiger partial charge >= 0.3 is 11.8 Å². The monoisotopic (exact) mass is 473 g/mol. The second-order valence-corrected chi connectivity index (χ2v) is 7.84. The van der Waals surface area contributed by atoms with E-state index in [1.54, 1.807) is 35.2 Å². The summed E-state index contributed by atoms with van der Waals surface area (Å²) in [5.74, 6) is -0.556. The van der Waals surface area contributed by atoms with E-state index in [2.05, 4.69) is 9.88 Å². The molecule has 4 rings (SSSR count). The van der Waals surface area contributed by atoms with Crippen molar-refractivity contribution in [1.82, 2.24) is 14.8 Å². The fourth-order valence-electron chi connectivity index (χ4n) is 3.49. The van der Waals surface area contributed by atoms with Crippen LogP contribution in [0.5, 0.6) is 0 Å². The first-order chi connectivity index (χ1) is 16.0. The first-order valence-corrected chi connectivity index (χ1v) is 11.4. The van der Waals surface area contributed by atoms with Crippen molar-refractivity contribution >= 4 is 34.6 Å². The lowest BCUT2D eigenvalue weighted by Crippen LogP contribution is -2.49. The summed E-state index contributed by atoms with van der Waals surface area (Å²) in [7, 11) is 0. The Morgan fingerprint density at radius 1 is 1.06 bits per heavy atom. The van der Waals surface area contributed by atoms with E-state index in [1.807, 2.05) is 26.0 Å². The lowest BCUT2D eigenvalue weighted by Gasteiger charge is -2.33. The van der Waals surface area contributed by atoms with Gasteiger partial charge in [-0.25, -0.2) is 9.59 Å². The smallest absolute Gasteiger partial charge is 0.417 e. The number of ketones is 1. The third-order valence-corrected chi connectivity index (χ3v) is 5.56. The molecule has 1 aromatic heterocycles. The summed E-state index contributed by atoms with van der Waals surface area (Å²) in [4.78, 5) is 42.4. The van der Waals surface area contributed by atoms with Crippen molar-refractivity contribution in [1.29, 1.82) is 0 Å². The normalized spacial score (nSPS) is 14.0. The molecule has 33 heavy (non-hydrogen) atoms. The summed E-state index contributed by atoms with van der Waals surface area (Å²) in [6.45, 7) is 7.25. The number of aromatic amines is 1. The average Bonchev–Trinajstić information content (AvgIpc) is 3.22. The molecule has 0 radical (unpaired) electrons. The Bertz CT molecular complexity index is 1130. The SMILES string of the molecule is CC.O=C(CCN1CCN(C(=O)OCc2ccc(Cl)cc2)CC1)c1ccc2[nH]c(=O)oc2c1. The van der Waals surface area contributed by atoms with E-state index >= 15 is 0 Å². The molecule has 3 aromatic rings. The van der Waals surface area contributed by atoms with E-state index in [9.17, 15) is 14.4 Å². The van der Waals surface area contributed by atoms with Crippen molar-refractivity contribution in [3.63, 3.8) is 0 Å². The molecular formula is C24H28ClN3O5. The number of amides is 1. The Kier molecular flexibility index (Phi) is 8.68. The van der Waals surface area contributed by atoms with Crippen molar-refractivity contribution in [3.05, 3.63) is 69.2 Å². The van der Waals surface area contributed by atoms with E-state index in [0.717, 1.165) is 5.56 Å². The lowest BCUT2D eigenvalue weighted by molar-refractivity contribution is 0.0697. The number of hydrogen-bond donors (Lipinski definition) is 1. The van der Waals surface area contributed by atoms with Gasteiger partial charge in [-0.15, -0.1) is 0 Å². The van der Waals surface area contributed by atoms with Gasteiger partial charge in [0.05, 0.1) is 5.52 Å². The number of ether oxygens (including phenoxy) is 1. The van der Waals surface area contributed by atoms with Crippen molar-refractivity contribution in [2.24, 2.45) is 0 Å². The van der Waals surface area contributed by atoms with Crippen LogP contribution in [0.3, 0.4) is 0 Å². The van der Waals surface area contributed by atoms with E-state index in [0.29, 0.717) is 60.8 Å². The molecule has 0 bridgehead atoms. The van der Waals surface area contributed by atoms with Crippen LogP contribution in [-0.2, 0) is 11.3 Å². The third-order valence-electron chi connectivity index (χ3n) is 5.30. The predicted octanol–water partition coefficient (Wildman–Crippen LogP) is 4.33. The minimum absolute atomic E-state index is 0.0180. The number of benzene rings is 2. The van der Waals surface area contributed by atoms with Crippen LogP contribution >= 0.6 is 11.6 Å². The number of aromatic nitrogens is 1. The molecule has 8 nitrogen and oxygen atoms in total. The number of halogens is 1. The molecule has 1 fully saturated rings. The van der Waals surface area contributed by atoms with Crippen LogP contribution in [0, 0.1) is 0 Å². The number of nitrogens with one attached hydrogen (secondary N) is 1. The maximum atomic E-state index is 12.5. The van der Waals surface area contributed by atoms with Crippen molar-refractivity contribution in [2.75, 3.05) is 32.7 Å². The highest BCUT2D eigenvalue weighted by Gasteiger charge is 2.22. The largest absolute Gasteiger partial charge is 0.445 e. The molecule has 1 amide bonds. The highest BCUT2D eigenvalue weighted by atomic mass is 35.5. The highest BCUT2D eigenvalue weighted by Crippen LogP contribution is 2.15. The number of Topliss-reactive ketones (excluding diaryl/α,β-unsaturated/α-hetero) is 1. The summed E-state index contributed by atoms with van der Waals surface area (Å²) in [6.07, 6.45) is 0.00762. The number of nitrogens with zero attached hydrogens (tertiary/aromatic N) is 2. The fourth-order valence-corrected chi connectivity index (χ4v) is 3.62. The quantitative estimate of drug-likeness (QED) is 0.535. The van der Waals surface area contributed by atoms with Gasteiger partial charge in [0.25, 0.3) is 0 Å². The topological polar surface area (TPSA) is 95.9 Å². The van der Waals surface area contributed by atoms with Crippen LogP contribution in [0.4, 0.5) is 4.79 Å². The number of oxazole rings is 1. The van der Waals surface area contributed by atoms with Crippen LogP contribution in [-0.4, -0.2) is 59.4 Å². The van der Waals surface area contributed by atoms with Crippen molar-refractivity contribution in [3.8, 4) is 0 Å². The van der Waals surface area contributed by atoms with Gasteiger partial charge in [0.15, 0.2) is 11.4 Å². The van der Waals surface area contributed by atoms with Crippen LogP contribution in [0.1, 0.15) is 36.2 Å². The second kappa shape index (κ2) is 11.7. The van der Waals surface area contributed by atoms with Gasteiger partial charge in [-0.05, 0) is 35.9 Å². The van der Waals surface area contributed by atoms with Gasteiger partial charge < -0.3 is 14.1 Å². The molecule has 176 valence electrons. The average molecular weight is 474 g/mol. The Morgan fingerprint density at radius 2 is 1.76 bits per heavy atom. The molecule has 1 saturated heterocycles. The Labute approximate surface area is 197 Å². The second-order valence-electron chi connectivity index (χ2n) is 7.41. The van der Waals surface area contributed by atoms with Crippen LogP contribution < -0.4 is 5.76 Å². The zero-order valence-corrected chi connectivity index (χ0v) is 19.6. The van der Waals surface area contributed by atoms with Gasteiger partial charge in [-0.1, -0.05) is 37.6 Å². The van der Waals surface area contributed by atoms with Gasteiger partial charge in [0.2, 0.25) is 0 Å². The van der Waals surface area contributed by atoms with Gasteiger partial charge in [-0.3, -0.25) is 14.7 Å². The van der Waals surface area contributed by atoms with Gasteiger partial charge in [0.1, 0.15) is 6.61 Å². The number of H-pyrrole nitrogens is 1. The summed E-state index contributed by atoms with van der Waals surface area (Å²) in [5, 5.41) is 0.640. The van der Waals surface area contributed by atoms with Gasteiger partial charge in [0, 0.05) is 49.7 Å². The van der Waals surface area contributed by atoms with E-state index in [-0.39, 0.29) is 18.5 Å². The molecule has 1 N–H and O–H groups in total. The van der Waals surface area contributed by atoms with Crippen molar-refractivity contribution < 1.29 is 18.7 Å². The highest BCUT2D eigenvalue weighted by molar-refractivity contribution is 6.30. The zero-order valence-electron chi connectivity index (χ0n) is 18.8. The minimum atomic E-state index is -0.538. The molecule has 0 saturated carbocycles. The summed E-state index contributed by atoms with van der Waals surface area (Å²) < 4.78 is 10.4. The maximum Gasteiger partial charge on any atom is 0.417 e. The lowest BCUT2D eigenvalue weighted by atomic mass is 10.1. The van der Waals surface area contributed by atoms with E-state index < -0.39 is 5.76 Å². The Hall–Kier alpha value is -3.10. The summed E-state index contributed by atoms with van der Waals surface area (Å²) >= 11 is 5.86. The maximum absolute atomic E-state index is 12.5. The van der Waals surface area contributed by atoms with E-state index in [1.165, 1.54) is 0 Å².